The van der Waals surface area contributed by atoms with Gasteiger partial charge in [0.1, 0.15) is 0 Å². The molecule has 0 fully saturated rings. The Hall–Kier alpha value is -2.24. The van der Waals surface area contributed by atoms with Gasteiger partial charge < -0.3 is 5.32 Å². The van der Waals surface area contributed by atoms with E-state index in [1.165, 1.54) is 5.56 Å². The number of aryl methyl sites for hydroxylation is 1. The molecule has 1 aromatic carbocycles. The molecular formula is C21H22N2OS2. The van der Waals surface area contributed by atoms with Crippen LogP contribution in [0.4, 0.5) is 0 Å². The van der Waals surface area contributed by atoms with Crippen molar-refractivity contribution in [3.05, 3.63) is 79.9 Å². The normalized spacial score (nSPS) is 12.6. The first-order valence-electron chi connectivity index (χ1n) is 8.57. The summed E-state index contributed by atoms with van der Waals surface area (Å²) in [6.07, 6.45) is 3.31. The second-order valence-electron chi connectivity index (χ2n) is 6.40. The van der Waals surface area contributed by atoms with Gasteiger partial charge in [0.25, 0.3) is 0 Å². The molecule has 0 saturated carbocycles. The zero-order valence-electron chi connectivity index (χ0n) is 15.1. The molecule has 1 N–H and O–H groups in total. The predicted molar refractivity (Wildman–Crippen MR) is 111 cm³/mol. The number of thiazole rings is 1. The van der Waals surface area contributed by atoms with Crippen molar-refractivity contribution < 1.29 is 4.79 Å². The lowest BCUT2D eigenvalue weighted by Gasteiger charge is -2.18. The Labute approximate surface area is 162 Å². The van der Waals surface area contributed by atoms with E-state index in [-0.39, 0.29) is 11.9 Å². The number of nitrogens with one attached hydrogen (secondary N) is 1. The number of hydrogen-bond donors (Lipinski definition) is 1. The molecule has 1 unspecified atom stereocenters. The first kappa shape index (κ1) is 18.5. The Balaban J connectivity index is 1.78. The molecule has 0 spiro atoms. The molecule has 2 heterocycles. The quantitative estimate of drug-likeness (QED) is 0.568. The van der Waals surface area contributed by atoms with E-state index in [4.69, 9.17) is 0 Å². The lowest BCUT2D eigenvalue weighted by atomic mass is 9.98. The molecule has 0 bridgehead atoms. The lowest BCUT2D eigenvalue weighted by Crippen LogP contribution is -2.27. The molecule has 0 radical (unpaired) electrons. The Morgan fingerprint density at radius 1 is 1.12 bits per heavy atom. The third-order valence-corrected chi connectivity index (χ3v) is 5.82. The molecule has 1 atom stereocenters. The Bertz CT molecular complexity index is 877. The van der Waals surface area contributed by atoms with Crippen LogP contribution < -0.4 is 5.32 Å². The standard InChI is InChI=1S/C21H22N2OS2/c1-14(2)16-6-8-17(9-7-16)21(19-5-4-12-25-19)23-20(24)11-10-18-13-26-15(3)22-18/h4-14,21H,1-3H3,(H,23,24)/b11-10+. The van der Waals surface area contributed by atoms with Crippen molar-refractivity contribution in [2.45, 2.75) is 32.7 Å². The summed E-state index contributed by atoms with van der Waals surface area (Å²) in [5.41, 5.74) is 3.20. The lowest BCUT2D eigenvalue weighted by molar-refractivity contribution is -0.116. The zero-order valence-corrected chi connectivity index (χ0v) is 16.7. The number of rotatable bonds is 6. The van der Waals surface area contributed by atoms with E-state index in [2.05, 4.69) is 54.5 Å². The SMILES string of the molecule is Cc1nc(/C=C/C(=O)NC(c2ccc(C(C)C)cc2)c2cccs2)cs1. The van der Waals surface area contributed by atoms with Crippen LogP contribution in [-0.4, -0.2) is 10.9 Å². The van der Waals surface area contributed by atoms with Gasteiger partial charge in [-0.3, -0.25) is 4.79 Å². The second kappa shape index (κ2) is 8.43. The van der Waals surface area contributed by atoms with Crippen LogP contribution in [0.15, 0.2) is 53.2 Å². The van der Waals surface area contributed by atoms with Gasteiger partial charge in [-0.25, -0.2) is 4.98 Å². The summed E-state index contributed by atoms with van der Waals surface area (Å²) < 4.78 is 0. The molecule has 5 heteroatoms. The Morgan fingerprint density at radius 3 is 2.42 bits per heavy atom. The highest BCUT2D eigenvalue weighted by Crippen LogP contribution is 2.27. The van der Waals surface area contributed by atoms with Gasteiger partial charge in [-0.05, 0) is 41.5 Å². The molecule has 0 aliphatic carbocycles. The van der Waals surface area contributed by atoms with Crippen molar-refractivity contribution in [3.63, 3.8) is 0 Å². The van der Waals surface area contributed by atoms with Gasteiger partial charge in [-0.1, -0.05) is 44.2 Å². The molecule has 0 aliphatic heterocycles. The van der Waals surface area contributed by atoms with Gasteiger partial charge in [-0.2, -0.15) is 0 Å². The first-order chi connectivity index (χ1) is 12.5. The van der Waals surface area contributed by atoms with E-state index in [9.17, 15) is 4.79 Å². The fraction of sp³-hybridized carbons (Fsp3) is 0.238. The third kappa shape index (κ3) is 4.68. The molecule has 26 heavy (non-hydrogen) atoms. The van der Waals surface area contributed by atoms with E-state index in [1.54, 1.807) is 34.8 Å². The smallest absolute Gasteiger partial charge is 0.244 e. The fourth-order valence-electron chi connectivity index (χ4n) is 2.66. The third-order valence-electron chi connectivity index (χ3n) is 4.09. The number of carbonyl (C=O) groups excluding carboxylic acids is 1. The van der Waals surface area contributed by atoms with Gasteiger partial charge in [0.05, 0.1) is 16.7 Å². The molecule has 2 aromatic heterocycles. The minimum absolute atomic E-state index is 0.123. The average molecular weight is 383 g/mol. The van der Waals surface area contributed by atoms with Gasteiger partial charge in [0, 0.05) is 16.3 Å². The Kier molecular flexibility index (Phi) is 6.01. The summed E-state index contributed by atoms with van der Waals surface area (Å²) in [6.45, 7) is 6.31. The van der Waals surface area contributed by atoms with Crippen LogP contribution in [0, 0.1) is 6.92 Å². The van der Waals surface area contributed by atoms with Crippen molar-refractivity contribution in [2.24, 2.45) is 0 Å². The van der Waals surface area contributed by atoms with Crippen LogP contribution in [0.3, 0.4) is 0 Å². The largest absolute Gasteiger partial charge is 0.341 e. The monoisotopic (exact) mass is 382 g/mol. The molecule has 3 rings (SSSR count). The van der Waals surface area contributed by atoms with Crippen molar-refractivity contribution in [2.75, 3.05) is 0 Å². The summed E-state index contributed by atoms with van der Waals surface area (Å²) in [6, 6.07) is 12.4. The zero-order chi connectivity index (χ0) is 18.5. The molecule has 0 aliphatic rings. The van der Waals surface area contributed by atoms with Crippen LogP contribution in [0.1, 0.15) is 52.5 Å². The predicted octanol–water partition coefficient (Wildman–Crippen LogP) is 5.56. The maximum Gasteiger partial charge on any atom is 0.244 e. The van der Waals surface area contributed by atoms with Gasteiger partial charge in [0.15, 0.2) is 0 Å². The molecular weight excluding hydrogens is 360 g/mol. The molecule has 3 aromatic rings. The summed E-state index contributed by atoms with van der Waals surface area (Å²) in [4.78, 5) is 17.9. The highest BCUT2D eigenvalue weighted by atomic mass is 32.1. The molecule has 1 amide bonds. The van der Waals surface area contributed by atoms with Crippen LogP contribution in [-0.2, 0) is 4.79 Å². The minimum atomic E-state index is -0.148. The van der Waals surface area contributed by atoms with Gasteiger partial charge in [0.2, 0.25) is 5.91 Å². The van der Waals surface area contributed by atoms with Crippen LogP contribution in [0.2, 0.25) is 0 Å². The van der Waals surface area contributed by atoms with Crippen molar-refractivity contribution in [1.82, 2.24) is 10.3 Å². The number of carbonyl (C=O) groups is 1. The van der Waals surface area contributed by atoms with E-state index >= 15 is 0 Å². The van der Waals surface area contributed by atoms with E-state index < -0.39 is 0 Å². The number of aromatic nitrogens is 1. The minimum Gasteiger partial charge on any atom is -0.341 e. The fourth-order valence-corrected chi connectivity index (χ4v) is 4.04. The molecule has 0 saturated heterocycles. The van der Waals surface area contributed by atoms with Crippen LogP contribution in [0.5, 0.6) is 0 Å². The second-order valence-corrected chi connectivity index (χ2v) is 8.44. The van der Waals surface area contributed by atoms with E-state index in [0.29, 0.717) is 5.92 Å². The Morgan fingerprint density at radius 2 is 1.85 bits per heavy atom. The van der Waals surface area contributed by atoms with Crippen molar-refractivity contribution in [1.29, 1.82) is 0 Å². The summed E-state index contributed by atoms with van der Waals surface area (Å²) in [5, 5.41) is 8.09. The van der Waals surface area contributed by atoms with E-state index in [0.717, 1.165) is 21.1 Å². The average Bonchev–Trinajstić information content (AvgIpc) is 3.30. The highest BCUT2D eigenvalue weighted by molar-refractivity contribution is 7.10. The van der Waals surface area contributed by atoms with Crippen LogP contribution >= 0.6 is 22.7 Å². The summed E-state index contributed by atoms with van der Waals surface area (Å²) >= 11 is 3.22. The van der Waals surface area contributed by atoms with E-state index in [1.807, 2.05) is 23.8 Å². The maximum absolute atomic E-state index is 12.5. The van der Waals surface area contributed by atoms with Crippen molar-refractivity contribution in [3.8, 4) is 0 Å². The van der Waals surface area contributed by atoms with Crippen LogP contribution in [0.25, 0.3) is 6.08 Å². The summed E-state index contributed by atoms with van der Waals surface area (Å²) in [5.74, 6) is 0.366. The van der Waals surface area contributed by atoms with Crippen molar-refractivity contribution >= 4 is 34.7 Å². The summed E-state index contributed by atoms with van der Waals surface area (Å²) in [7, 11) is 0. The number of thiophene rings is 1. The van der Waals surface area contributed by atoms with Gasteiger partial charge in [-0.15, -0.1) is 22.7 Å². The van der Waals surface area contributed by atoms with Gasteiger partial charge >= 0.3 is 0 Å². The number of amides is 1. The highest BCUT2D eigenvalue weighted by Gasteiger charge is 2.17. The number of hydrogen-bond acceptors (Lipinski definition) is 4. The molecule has 134 valence electrons. The maximum atomic E-state index is 12.5. The first-order valence-corrected chi connectivity index (χ1v) is 10.3. The topological polar surface area (TPSA) is 42.0 Å². The number of benzene rings is 1. The number of nitrogens with zero attached hydrogens (tertiary/aromatic N) is 1. The molecule has 3 nitrogen and oxygen atoms in total.